The maximum atomic E-state index is 12.3. The van der Waals surface area contributed by atoms with E-state index >= 15 is 0 Å². The molecule has 162 valence electrons. The summed E-state index contributed by atoms with van der Waals surface area (Å²) >= 11 is 1.71. The summed E-state index contributed by atoms with van der Waals surface area (Å²) in [5, 5.41) is 8.60. The van der Waals surface area contributed by atoms with Crippen molar-refractivity contribution in [3.8, 4) is 0 Å². The first-order valence-electron chi connectivity index (χ1n) is 9.09. The van der Waals surface area contributed by atoms with E-state index in [2.05, 4.69) is 38.7 Å². The number of thiophene rings is 1. The Morgan fingerprint density at radius 1 is 1.24 bits per heavy atom. The van der Waals surface area contributed by atoms with Gasteiger partial charge in [-0.25, -0.2) is 18.1 Å². The van der Waals surface area contributed by atoms with Crippen molar-refractivity contribution >= 4 is 51.3 Å². The molecule has 2 aromatic rings. The Hall–Kier alpha value is -1.21. The zero-order chi connectivity index (χ0) is 20.4. The molecule has 0 aliphatic carbocycles. The molecule has 0 saturated heterocycles. The Kier molecular flexibility index (Phi) is 11.7. The van der Waals surface area contributed by atoms with Crippen LogP contribution in [-0.2, 0) is 27.8 Å². The van der Waals surface area contributed by atoms with Crippen LogP contribution in [0, 0.1) is 6.92 Å². The van der Waals surface area contributed by atoms with Gasteiger partial charge in [0, 0.05) is 25.1 Å². The molecule has 0 bridgehead atoms. The van der Waals surface area contributed by atoms with Crippen LogP contribution in [0.2, 0.25) is 0 Å². The van der Waals surface area contributed by atoms with E-state index in [1.54, 1.807) is 29.5 Å². The molecule has 2 rings (SSSR count). The van der Waals surface area contributed by atoms with Crippen molar-refractivity contribution < 1.29 is 13.2 Å². The number of aryl methyl sites for hydroxylation is 1. The highest BCUT2D eigenvalue weighted by Crippen LogP contribution is 2.15. The monoisotopic (exact) mass is 552 g/mol. The van der Waals surface area contributed by atoms with Crippen molar-refractivity contribution in [2.24, 2.45) is 4.99 Å². The average molecular weight is 553 g/mol. The maximum absolute atomic E-state index is 12.3. The summed E-state index contributed by atoms with van der Waals surface area (Å²) in [7, 11) is -2.03. The first kappa shape index (κ1) is 25.8. The molecule has 0 aliphatic heterocycles. The average Bonchev–Trinajstić information content (AvgIpc) is 3.09. The third-order valence-electron chi connectivity index (χ3n) is 3.96. The van der Waals surface area contributed by atoms with Gasteiger partial charge in [-0.1, -0.05) is 12.1 Å². The van der Waals surface area contributed by atoms with E-state index in [0.717, 1.165) is 12.1 Å². The molecule has 7 nitrogen and oxygen atoms in total. The van der Waals surface area contributed by atoms with Crippen LogP contribution in [0.1, 0.15) is 22.9 Å². The number of rotatable bonds is 10. The van der Waals surface area contributed by atoms with E-state index in [9.17, 15) is 8.42 Å². The first-order valence-corrected chi connectivity index (χ1v) is 11.4. The highest BCUT2D eigenvalue weighted by Gasteiger charge is 2.13. The molecule has 0 amide bonds. The highest BCUT2D eigenvalue weighted by atomic mass is 127. The maximum Gasteiger partial charge on any atom is 0.240 e. The van der Waals surface area contributed by atoms with Crippen LogP contribution in [0.15, 0.2) is 45.6 Å². The number of ether oxygens (including phenoxy) is 1. The Bertz CT molecular complexity index is 885. The summed E-state index contributed by atoms with van der Waals surface area (Å²) in [6, 6.07) is 8.91. The lowest BCUT2D eigenvalue weighted by Crippen LogP contribution is -2.36. The number of halogens is 1. The fourth-order valence-electron chi connectivity index (χ4n) is 2.43. The Labute approximate surface area is 194 Å². The summed E-state index contributed by atoms with van der Waals surface area (Å²) in [6.07, 6.45) is 0. The van der Waals surface area contributed by atoms with Crippen LogP contribution in [-0.4, -0.2) is 41.2 Å². The van der Waals surface area contributed by atoms with Gasteiger partial charge in [-0.3, -0.25) is 0 Å². The lowest BCUT2D eigenvalue weighted by atomic mass is 10.2. The van der Waals surface area contributed by atoms with Crippen LogP contribution in [0.5, 0.6) is 0 Å². The van der Waals surface area contributed by atoms with E-state index in [1.807, 2.05) is 13.0 Å². The quantitative estimate of drug-likeness (QED) is 0.183. The highest BCUT2D eigenvalue weighted by molar-refractivity contribution is 14.0. The zero-order valence-electron chi connectivity index (χ0n) is 16.9. The topological polar surface area (TPSA) is 91.8 Å². The molecule has 0 spiro atoms. The van der Waals surface area contributed by atoms with Crippen LogP contribution < -0.4 is 15.4 Å². The number of aliphatic imine (C=N–C) groups is 1. The van der Waals surface area contributed by atoms with E-state index in [4.69, 9.17) is 4.74 Å². The van der Waals surface area contributed by atoms with Gasteiger partial charge in [-0.05, 0) is 48.6 Å². The van der Waals surface area contributed by atoms with E-state index in [-0.39, 0.29) is 35.4 Å². The second kappa shape index (κ2) is 13.2. The predicted molar refractivity (Wildman–Crippen MR) is 130 cm³/mol. The fourth-order valence-corrected chi connectivity index (χ4v) is 4.36. The molecule has 0 unspecified atom stereocenters. The van der Waals surface area contributed by atoms with Crippen LogP contribution in [0.3, 0.4) is 0 Å². The van der Waals surface area contributed by atoms with E-state index in [0.29, 0.717) is 25.7 Å². The molecule has 10 heteroatoms. The smallest absolute Gasteiger partial charge is 0.240 e. The first-order chi connectivity index (χ1) is 13.5. The molecule has 3 N–H and O–H groups in total. The Morgan fingerprint density at radius 3 is 2.69 bits per heavy atom. The zero-order valence-corrected chi connectivity index (χ0v) is 20.9. The summed E-state index contributed by atoms with van der Waals surface area (Å²) in [4.78, 5) is 6.07. The molecule has 0 fully saturated rings. The summed E-state index contributed by atoms with van der Waals surface area (Å²) in [5.41, 5.74) is 2.08. The van der Waals surface area contributed by atoms with E-state index < -0.39 is 10.0 Å². The van der Waals surface area contributed by atoms with Crippen LogP contribution in [0.25, 0.3) is 0 Å². The van der Waals surface area contributed by atoms with Gasteiger partial charge in [0.2, 0.25) is 10.0 Å². The Balaban J connectivity index is 0.00000420. The molecular formula is C19H29IN4O3S2. The minimum absolute atomic E-state index is 0. The number of nitrogens with one attached hydrogen (secondary N) is 3. The molecule has 0 radical (unpaired) electrons. The van der Waals surface area contributed by atoms with Gasteiger partial charge in [0.1, 0.15) is 0 Å². The van der Waals surface area contributed by atoms with Crippen molar-refractivity contribution in [2.45, 2.75) is 31.8 Å². The van der Waals surface area contributed by atoms with Crippen LogP contribution in [0.4, 0.5) is 0 Å². The van der Waals surface area contributed by atoms with Gasteiger partial charge in [-0.15, -0.1) is 35.3 Å². The molecule has 1 aromatic carbocycles. The molecule has 0 saturated carbocycles. The van der Waals surface area contributed by atoms with Crippen molar-refractivity contribution in [1.82, 2.24) is 15.4 Å². The molecule has 0 aliphatic rings. The van der Waals surface area contributed by atoms with Crippen molar-refractivity contribution in [3.63, 3.8) is 0 Å². The minimum Gasteiger partial charge on any atom is -0.383 e. The molecule has 29 heavy (non-hydrogen) atoms. The summed E-state index contributed by atoms with van der Waals surface area (Å²) < 4.78 is 32.1. The van der Waals surface area contributed by atoms with Crippen molar-refractivity contribution in [3.05, 3.63) is 51.7 Å². The number of sulfonamides is 1. The second-order valence-electron chi connectivity index (χ2n) is 6.11. The number of benzene rings is 1. The van der Waals surface area contributed by atoms with Gasteiger partial charge in [0.05, 0.1) is 24.6 Å². The Morgan fingerprint density at radius 2 is 2.03 bits per heavy atom. The van der Waals surface area contributed by atoms with Crippen molar-refractivity contribution in [1.29, 1.82) is 0 Å². The largest absolute Gasteiger partial charge is 0.383 e. The van der Waals surface area contributed by atoms with Gasteiger partial charge < -0.3 is 15.4 Å². The lowest BCUT2D eigenvalue weighted by Gasteiger charge is -2.11. The molecule has 0 atom stereocenters. The summed E-state index contributed by atoms with van der Waals surface area (Å²) in [6.45, 7) is 6.47. The third kappa shape index (κ3) is 8.59. The normalized spacial score (nSPS) is 11.8. The molecule has 1 heterocycles. The number of methoxy groups -OCH3 is 1. The van der Waals surface area contributed by atoms with Gasteiger partial charge in [-0.2, -0.15) is 0 Å². The third-order valence-corrected chi connectivity index (χ3v) is 6.44. The van der Waals surface area contributed by atoms with E-state index in [1.165, 1.54) is 17.6 Å². The molecular weight excluding hydrogens is 523 g/mol. The number of hydrogen-bond acceptors (Lipinski definition) is 5. The standard InChI is InChI=1S/C19H28N4O3S2.HI/c1-4-20-19(22-14-18-15(2)8-11-27-18)21-13-16-6-5-7-17(12-16)28(24,25)23-9-10-26-3;/h5-8,11-12,23H,4,9-10,13-14H2,1-3H3,(H2,20,21,22);1H. The fraction of sp³-hybridized carbons (Fsp3) is 0.421. The number of guanidine groups is 1. The number of hydrogen-bond donors (Lipinski definition) is 3. The van der Waals surface area contributed by atoms with Crippen molar-refractivity contribution in [2.75, 3.05) is 26.8 Å². The van der Waals surface area contributed by atoms with Gasteiger partial charge in [0.25, 0.3) is 0 Å². The summed E-state index contributed by atoms with van der Waals surface area (Å²) in [5.74, 6) is 0.696. The minimum atomic E-state index is -3.56. The predicted octanol–water partition coefficient (Wildman–Crippen LogP) is 2.85. The van der Waals surface area contributed by atoms with Crippen LogP contribution >= 0.6 is 35.3 Å². The van der Waals surface area contributed by atoms with Gasteiger partial charge in [0.15, 0.2) is 5.96 Å². The number of nitrogens with zero attached hydrogens (tertiary/aromatic N) is 1. The second-order valence-corrected chi connectivity index (χ2v) is 8.88. The SMILES string of the molecule is CCNC(=NCc1cccc(S(=O)(=O)NCCOC)c1)NCc1sccc1C.I. The van der Waals surface area contributed by atoms with Gasteiger partial charge >= 0.3 is 0 Å². The lowest BCUT2D eigenvalue weighted by molar-refractivity contribution is 0.204. The molecule has 1 aromatic heterocycles.